The summed E-state index contributed by atoms with van der Waals surface area (Å²) in [6, 6.07) is 20.6. The van der Waals surface area contributed by atoms with E-state index in [1.54, 1.807) is 47.5 Å². The number of nitrogens with zero attached hydrogens (tertiary/aromatic N) is 3. The fourth-order valence-electron chi connectivity index (χ4n) is 4.99. The first kappa shape index (κ1) is 36.9. The Kier molecular flexibility index (Phi) is 13.0. The quantitative estimate of drug-likeness (QED) is 0.144. The van der Waals surface area contributed by atoms with E-state index in [-0.39, 0.29) is 24.1 Å². The van der Waals surface area contributed by atoms with E-state index in [4.69, 9.17) is 32.7 Å². The minimum Gasteiger partial charge on any atom is -0.492 e. The highest BCUT2D eigenvalue weighted by atomic mass is 35.5. The fourth-order valence-corrected chi connectivity index (χ4v) is 5.43. The lowest BCUT2D eigenvalue weighted by Gasteiger charge is -2.34. The van der Waals surface area contributed by atoms with Crippen molar-refractivity contribution in [3.8, 4) is 23.1 Å². The van der Waals surface area contributed by atoms with Crippen molar-refractivity contribution in [1.29, 1.82) is 0 Å². The molecule has 3 aromatic carbocycles. The monoisotopic (exact) mass is 721 g/mol. The lowest BCUT2D eigenvalue weighted by atomic mass is 10.1. The maximum absolute atomic E-state index is 12.9. The van der Waals surface area contributed by atoms with E-state index in [0.29, 0.717) is 66.8 Å². The molecule has 1 saturated heterocycles. The molecule has 254 valence electrons. The highest BCUT2D eigenvalue weighted by Crippen LogP contribution is 2.34. The number of benzene rings is 3. The lowest BCUT2D eigenvalue weighted by molar-refractivity contribution is -0.274. The molecule has 0 spiro atoms. The molecule has 0 unspecified atom stereocenters. The van der Waals surface area contributed by atoms with E-state index in [0.717, 1.165) is 28.7 Å². The number of piperazine rings is 1. The second-order valence-corrected chi connectivity index (χ2v) is 11.8. The highest BCUT2D eigenvalue weighted by molar-refractivity contribution is 6.32. The zero-order chi connectivity index (χ0) is 33.4. The molecule has 0 N–H and O–H groups in total. The Balaban J connectivity index is 0.00000520. The standard InChI is InChI=1S/C35H32Cl2F3N3O4.ClH/c1-24-20-27(6-13-33(44)43-17-15-42(16-18-43)23-26-4-9-29(10-5-26)47-35(38,39)40)21-31(37)34(24)46-32-12-11-30(22-41-32)45-19-14-25-2-7-28(36)8-3-25;/h2-13,20-22H,14-19,23H2,1H3;1H. The molecule has 1 aliphatic rings. The molecular weight excluding hydrogens is 690 g/mol. The minimum absolute atomic E-state index is 0. The molecule has 0 radical (unpaired) electrons. The summed E-state index contributed by atoms with van der Waals surface area (Å²) < 4.78 is 52.8. The van der Waals surface area contributed by atoms with Gasteiger partial charge in [0, 0.05) is 56.3 Å². The van der Waals surface area contributed by atoms with Crippen LogP contribution >= 0.6 is 35.6 Å². The molecule has 0 bridgehead atoms. The van der Waals surface area contributed by atoms with Crippen molar-refractivity contribution in [1.82, 2.24) is 14.8 Å². The van der Waals surface area contributed by atoms with E-state index in [1.807, 2.05) is 37.3 Å². The molecule has 1 aliphatic heterocycles. The van der Waals surface area contributed by atoms with Gasteiger partial charge in [0.05, 0.1) is 17.8 Å². The number of aromatic nitrogens is 1. The minimum atomic E-state index is -4.72. The number of amides is 1. The van der Waals surface area contributed by atoms with Crippen LogP contribution in [0, 0.1) is 6.92 Å². The third kappa shape index (κ3) is 11.1. The summed E-state index contributed by atoms with van der Waals surface area (Å²) in [5, 5.41) is 1.08. The Hall–Kier alpha value is -3.96. The molecule has 13 heteroatoms. The van der Waals surface area contributed by atoms with Crippen molar-refractivity contribution in [3.63, 3.8) is 0 Å². The van der Waals surface area contributed by atoms with Crippen LogP contribution in [0.4, 0.5) is 13.2 Å². The molecular formula is C35H33Cl3F3N3O4. The van der Waals surface area contributed by atoms with Crippen molar-refractivity contribution in [2.45, 2.75) is 26.3 Å². The normalized spacial score (nSPS) is 13.7. The number of hydrogen-bond acceptors (Lipinski definition) is 6. The van der Waals surface area contributed by atoms with Crippen LogP contribution in [0.25, 0.3) is 6.08 Å². The van der Waals surface area contributed by atoms with Crippen LogP contribution in [0.3, 0.4) is 0 Å². The van der Waals surface area contributed by atoms with Gasteiger partial charge >= 0.3 is 6.36 Å². The van der Waals surface area contributed by atoms with Gasteiger partial charge in [-0.2, -0.15) is 0 Å². The Morgan fingerprint density at radius 2 is 1.58 bits per heavy atom. The van der Waals surface area contributed by atoms with Crippen LogP contribution in [0.5, 0.6) is 23.1 Å². The van der Waals surface area contributed by atoms with Crippen LogP contribution in [0.1, 0.15) is 22.3 Å². The number of carbonyl (C=O) groups excluding carboxylic acids is 1. The first-order chi connectivity index (χ1) is 22.5. The van der Waals surface area contributed by atoms with E-state index in [1.165, 1.54) is 18.2 Å². The molecule has 0 saturated carbocycles. The van der Waals surface area contributed by atoms with Gasteiger partial charge in [0.25, 0.3) is 0 Å². The number of hydrogen-bond donors (Lipinski definition) is 0. The summed E-state index contributed by atoms with van der Waals surface area (Å²) >= 11 is 12.5. The number of pyridine rings is 1. The first-order valence-electron chi connectivity index (χ1n) is 14.9. The molecule has 4 aromatic rings. The second kappa shape index (κ2) is 16.9. The van der Waals surface area contributed by atoms with Gasteiger partial charge in [-0.1, -0.05) is 47.5 Å². The van der Waals surface area contributed by atoms with Crippen molar-refractivity contribution >= 4 is 47.6 Å². The van der Waals surface area contributed by atoms with Gasteiger partial charge in [0.2, 0.25) is 11.8 Å². The van der Waals surface area contributed by atoms with Gasteiger partial charge in [-0.25, -0.2) is 4.98 Å². The van der Waals surface area contributed by atoms with Gasteiger partial charge in [0.15, 0.2) is 5.75 Å². The topological polar surface area (TPSA) is 64.1 Å². The Morgan fingerprint density at radius 3 is 2.21 bits per heavy atom. The molecule has 1 amide bonds. The van der Waals surface area contributed by atoms with E-state index >= 15 is 0 Å². The summed E-state index contributed by atoms with van der Waals surface area (Å²) in [5.41, 5.74) is 3.52. The number of ether oxygens (including phenoxy) is 3. The van der Waals surface area contributed by atoms with Crippen molar-refractivity contribution < 1.29 is 32.2 Å². The highest BCUT2D eigenvalue weighted by Gasteiger charge is 2.31. The fraction of sp³-hybridized carbons (Fsp3) is 0.257. The number of aryl methyl sites for hydroxylation is 1. The molecule has 48 heavy (non-hydrogen) atoms. The third-order valence-corrected chi connectivity index (χ3v) is 7.94. The number of carbonyl (C=O) groups is 1. The number of alkyl halides is 3. The zero-order valence-corrected chi connectivity index (χ0v) is 28.2. The Morgan fingerprint density at radius 1 is 0.917 bits per heavy atom. The zero-order valence-electron chi connectivity index (χ0n) is 25.9. The van der Waals surface area contributed by atoms with E-state index in [9.17, 15) is 18.0 Å². The maximum Gasteiger partial charge on any atom is 0.573 e. The van der Waals surface area contributed by atoms with Gasteiger partial charge < -0.3 is 19.1 Å². The second-order valence-electron chi connectivity index (χ2n) is 10.9. The third-order valence-electron chi connectivity index (χ3n) is 7.41. The lowest BCUT2D eigenvalue weighted by Crippen LogP contribution is -2.47. The van der Waals surface area contributed by atoms with Crippen molar-refractivity contribution in [3.05, 3.63) is 117 Å². The van der Waals surface area contributed by atoms with Gasteiger partial charge in [-0.3, -0.25) is 9.69 Å². The van der Waals surface area contributed by atoms with Gasteiger partial charge in [0.1, 0.15) is 11.5 Å². The largest absolute Gasteiger partial charge is 0.573 e. The molecule has 0 atom stereocenters. The first-order valence-corrected chi connectivity index (χ1v) is 15.6. The van der Waals surface area contributed by atoms with Gasteiger partial charge in [-0.05, 0) is 77.7 Å². The molecule has 1 aromatic heterocycles. The van der Waals surface area contributed by atoms with Crippen LogP contribution in [-0.4, -0.2) is 59.8 Å². The SMILES string of the molecule is Cc1cc(C=CC(=O)N2CCN(Cc3ccc(OC(F)(F)F)cc3)CC2)cc(Cl)c1Oc1ccc(OCCc2ccc(Cl)cc2)cn1.Cl. The van der Waals surface area contributed by atoms with Gasteiger partial charge in [-0.15, -0.1) is 25.6 Å². The maximum atomic E-state index is 12.9. The Bertz CT molecular complexity index is 1660. The number of rotatable bonds is 11. The summed E-state index contributed by atoms with van der Waals surface area (Å²) in [5.74, 6) is 1.08. The molecule has 2 heterocycles. The average Bonchev–Trinajstić information content (AvgIpc) is 3.04. The molecule has 5 rings (SSSR count). The molecule has 1 fully saturated rings. The summed E-state index contributed by atoms with van der Waals surface area (Å²) in [7, 11) is 0. The van der Waals surface area contributed by atoms with E-state index < -0.39 is 6.36 Å². The van der Waals surface area contributed by atoms with Crippen LogP contribution in [0.2, 0.25) is 10.0 Å². The van der Waals surface area contributed by atoms with Crippen LogP contribution in [0.15, 0.2) is 85.1 Å². The average molecular weight is 723 g/mol. The van der Waals surface area contributed by atoms with Crippen molar-refractivity contribution in [2.75, 3.05) is 32.8 Å². The predicted molar refractivity (Wildman–Crippen MR) is 182 cm³/mol. The van der Waals surface area contributed by atoms with E-state index in [2.05, 4.69) is 14.6 Å². The molecule has 7 nitrogen and oxygen atoms in total. The van der Waals surface area contributed by atoms with Crippen LogP contribution < -0.4 is 14.2 Å². The summed E-state index contributed by atoms with van der Waals surface area (Å²) in [6.07, 6.45) is 0.854. The predicted octanol–water partition coefficient (Wildman–Crippen LogP) is 8.79. The van der Waals surface area contributed by atoms with Crippen LogP contribution in [-0.2, 0) is 17.8 Å². The Labute approximate surface area is 293 Å². The smallest absolute Gasteiger partial charge is 0.492 e. The number of halogens is 6. The summed E-state index contributed by atoms with van der Waals surface area (Å²) in [6.45, 7) is 5.27. The molecule has 0 aliphatic carbocycles. The summed E-state index contributed by atoms with van der Waals surface area (Å²) in [4.78, 5) is 21.1. The van der Waals surface area contributed by atoms with Crippen molar-refractivity contribution in [2.24, 2.45) is 0 Å².